The Labute approximate surface area is 160 Å². The molecule has 0 unspecified atom stereocenters. The molecule has 1 saturated carbocycles. The van der Waals surface area contributed by atoms with Crippen molar-refractivity contribution >= 4 is 17.7 Å². The van der Waals surface area contributed by atoms with Gasteiger partial charge in [0, 0.05) is 18.2 Å². The van der Waals surface area contributed by atoms with Crippen molar-refractivity contribution in [3.63, 3.8) is 0 Å². The van der Waals surface area contributed by atoms with Crippen molar-refractivity contribution in [1.82, 2.24) is 20.1 Å². The summed E-state index contributed by atoms with van der Waals surface area (Å²) in [4.78, 5) is 12.4. The molecule has 0 spiro atoms. The molecule has 0 saturated heterocycles. The molecule has 5 nitrogen and oxygen atoms in total. The van der Waals surface area contributed by atoms with Crippen molar-refractivity contribution in [2.75, 3.05) is 5.75 Å². The number of nitrogens with one attached hydrogen (secondary N) is 1. The SMILES string of the molecule is CCn1c(SCC(=O)N[C@H]2CCCC[C@@H]2C)nnc1-c1cccc(C)c1. The number of rotatable bonds is 6. The monoisotopic (exact) mass is 372 g/mol. The Morgan fingerprint density at radius 2 is 2.12 bits per heavy atom. The molecule has 1 N–H and O–H groups in total. The average Bonchev–Trinajstić information content (AvgIpc) is 3.05. The normalized spacial score (nSPS) is 20.1. The maximum atomic E-state index is 12.4. The standard InChI is InChI=1S/C20H28N4OS/c1-4-24-19(16-10-7-8-14(2)12-16)22-23-20(24)26-13-18(25)21-17-11-6-5-9-15(17)3/h7-8,10,12,15,17H,4-6,9,11,13H2,1-3H3,(H,21,25)/t15-,17-/m0/s1. The van der Waals surface area contributed by atoms with Crippen molar-refractivity contribution in [1.29, 1.82) is 0 Å². The van der Waals surface area contributed by atoms with E-state index < -0.39 is 0 Å². The Morgan fingerprint density at radius 3 is 2.85 bits per heavy atom. The minimum atomic E-state index is 0.0940. The highest BCUT2D eigenvalue weighted by Gasteiger charge is 2.23. The number of amides is 1. The zero-order valence-electron chi connectivity index (χ0n) is 15.9. The third kappa shape index (κ3) is 4.47. The lowest BCUT2D eigenvalue weighted by Gasteiger charge is -2.29. The molecule has 1 heterocycles. The van der Waals surface area contributed by atoms with Crippen molar-refractivity contribution in [2.24, 2.45) is 5.92 Å². The van der Waals surface area contributed by atoms with E-state index >= 15 is 0 Å². The van der Waals surface area contributed by atoms with E-state index in [1.54, 1.807) is 0 Å². The molecular formula is C20H28N4OS. The largest absolute Gasteiger partial charge is 0.352 e. The van der Waals surface area contributed by atoms with Crippen LogP contribution in [0.2, 0.25) is 0 Å². The summed E-state index contributed by atoms with van der Waals surface area (Å²) in [5.74, 6) is 1.91. The fourth-order valence-corrected chi connectivity index (χ4v) is 4.40. The summed E-state index contributed by atoms with van der Waals surface area (Å²) in [6.07, 6.45) is 4.80. The number of hydrogen-bond acceptors (Lipinski definition) is 4. The van der Waals surface area contributed by atoms with Crippen molar-refractivity contribution < 1.29 is 4.79 Å². The van der Waals surface area contributed by atoms with E-state index in [-0.39, 0.29) is 5.91 Å². The predicted octanol–water partition coefficient (Wildman–Crippen LogP) is 4.06. The van der Waals surface area contributed by atoms with Gasteiger partial charge in [-0.25, -0.2) is 0 Å². The van der Waals surface area contributed by atoms with E-state index in [9.17, 15) is 4.79 Å². The first-order chi connectivity index (χ1) is 12.6. The number of carbonyl (C=O) groups excluding carboxylic acids is 1. The number of aryl methyl sites for hydroxylation is 1. The highest BCUT2D eigenvalue weighted by atomic mass is 32.2. The minimum Gasteiger partial charge on any atom is -0.352 e. The van der Waals surface area contributed by atoms with Gasteiger partial charge in [0.05, 0.1) is 5.75 Å². The molecule has 26 heavy (non-hydrogen) atoms. The summed E-state index contributed by atoms with van der Waals surface area (Å²) in [5.41, 5.74) is 2.26. The van der Waals surface area contributed by atoms with Crippen LogP contribution in [0.5, 0.6) is 0 Å². The van der Waals surface area contributed by atoms with E-state index in [1.165, 1.54) is 36.6 Å². The summed E-state index contributed by atoms with van der Waals surface area (Å²) in [6.45, 7) is 7.16. The van der Waals surface area contributed by atoms with Gasteiger partial charge in [0.25, 0.3) is 0 Å². The maximum absolute atomic E-state index is 12.4. The molecule has 0 bridgehead atoms. The van der Waals surface area contributed by atoms with Crippen molar-refractivity contribution in [2.45, 2.75) is 64.2 Å². The number of thioether (sulfide) groups is 1. The van der Waals surface area contributed by atoms with Gasteiger partial charge in [0.15, 0.2) is 11.0 Å². The van der Waals surface area contributed by atoms with Crippen LogP contribution < -0.4 is 5.32 Å². The first-order valence-electron chi connectivity index (χ1n) is 9.51. The molecule has 0 radical (unpaired) electrons. The average molecular weight is 373 g/mol. The molecule has 3 rings (SSSR count). The highest BCUT2D eigenvalue weighted by molar-refractivity contribution is 7.99. The van der Waals surface area contributed by atoms with Crippen LogP contribution >= 0.6 is 11.8 Å². The number of carbonyl (C=O) groups is 1. The lowest BCUT2D eigenvalue weighted by atomic mass is 9.86. The predicted molar refractivity (Wildman–Crippen MR) is 106 cm³/mol. The summed E-state index contributed by atoms with van der Waals surface area (Å²) < 4.78 is 2.08. The smallest absolute Gasteiger partial charge is 0.230 e. The van der Waals surface area contributed by atoms with Gasteiger partial charge >= 0.3 is 0 Å². The Morgan fingerprint density at radius 1 is 1.31 bits per heavy atom. The van der Waals surface area contributed by atoms with Crippen LogP contribution in [-0.2, 0) is 11.3 Å². The molecule has 1 aromatic carbocycles. The molecule has 1 fully saturated rings. The zero-order valence-corrected chi connectivity index (χ0v) is 16.7. The molecule has 1 aliphatic rings. The third-order valence-corrected chi connectivity index (χ3v) is 6.07. The second-order valence-electron chi connectivity index (χ2n) is 7.14. The summed E-state index contributed by atoms with van der Waals surface area (Å²) >= 11 is 1.47. The van der Waals surface area contributed by atoms with Crippen molar-refractivity contribution in [3.05, 3.63) is 29.8 Å². The van der Waals surface area contributed by atoms with Crippen LogP contribution in [0.25, 0.3) is 11.4 Å². The van der Waals surface area contributed by atoms with Crippen LogP contribution in [0.3, 0.4) is 0 Å². The Hall–Kier alpha value is -1.82. The number of benzene rings is 1. The Bertz CT molecular complexity index is 758. The van der Waals surface area contributed by atoms with E-state index in [0.717, 1.165) is 29.5 Å². The molecule has 6 heteroatoms. The van der Waals surface area contributed by atoms with E-state index in [2.05, 4.69) is 59.1 Å². The van der Waals surface area contributed by atoms with Gasteiger partial charge in [0.2, 0.25) is 5.91 Å². The van der Waals surface area contributed by atoms with E-state index in [0.29, 0.717) is 17.7 Å². The molecule has 1 amide bonds. The molecule has 1 aliphatic carbocycles. The molecule has 1 aromatic heterocycles. The van der Waals surface area contributed by atoms with Gasteiger partial charge in [0.1, 0.15) is 0 Å². The molecular weight excluding hydrogens is 344 g/mol. The third-order valence-electron chi connectivity index (χ3n) is 5.10. The molecule has 0 aliphatic heterocycles. The number of aromatic nitrogens is 3. The Kier molecular flexibility index (Phi) is 6.35. The zero-order chi connectivity index (χ0) is 18.5. The fraction of sp³-hybridized carbons (Fsp3) is 0.550. The van der Waals surface area contributed by atoms with E-state index in [1.807, 2.05) is 6.07 Å². The van der Waals surface area contributed by atoms with Gasteiger partial charge < -0.3 is 9.88 Å². The quantitative estimate of drug-likeness (QED) is 0.777. The second kappa shape index (κ2) is 8.71. The van der Waals surface area contributed by atoms with Gasteiger partial charge in [-0.3, -0.25) is 4.79 Å². The van der Waals surface area contributed by atoms with Gasteiger partial charge in [-0.05, 0) is 38.7 Å². The number of nitrogens with zero attached hydrogens (tertiary/aromatic N) is 3. The highest BCUT2D eigenvalue weighted by Crippen LogP contribution is 2.26. The molecule has 2 atom stereocenters. The Balaban J connectivity index is 1.64. The van der Waals surface area contributed by atoms with E-state index in [4.69, 9.17) is 0 Å². The number of hydrogen-bond donors (Lipinski definition) is 1. The van der Waals surface area contributed by atoms with Crippen LogP contribution in [0.15, 0.2) is 29.4 Å². The van der Waals surface area contributed by atoms with Crippen molar-refractivity contribution in [3.8, 4) is 11.4 Å². The van der Waals surface area contributed by atoms with Crippen LogP contribution in [0.1, 0.15) is 45.1 Å². The lowest BCUT2D eigenvalue weighted by molar-refractivity contribution is -0.119. The minimum absolute atomic E-state index is 0.0940. The van der Waals surface area contributed by atoms with Gasteiger partial charge in [-0.1, -0.05) is 55.3 Å². The van der Waals surface area contributed by atoms with Crippen LogP contribution in [0, 0.1) is 12.8 Å². The summed E-state index contributed by atoms with van der Waals surface area (Å²) in [7, 11) is 0. The first kappa shape index (κ1) is 19.0. The van der Waals surface area contributed by atoms with Gasteiger partial charge in [-0.15, -0.1) is 10.2 Å². The lowest BCUT2D eigenvalue weighted by Crippen LogP contribution is -2.41. The van der Waals surface area contributed by atoms with Crippen LogP contribution in [-0.4, -0.2) is 32.5 Å². The summed E-state index contributed by atoms with van der Waals surface area (Å²) in [5, 5.41) is 12.7. The topological polar surface area (TPSA) is 59.8 Å². The fourth-order valence-electron chi connectivity index (χ4n) is 3.59. The maximum Gasteiger partial charge on any atom is 0.230 e. The first-order valence-corrected chi connectivity index (χ1v) is 10.5. The summed E-state index contributed by atoms with van der Waals surface area (Å²) in [6, 6.07) is 8.59. The van der Waals surface area contributed by atoms with Crippen LogP contribution in [0.4, 0.5) is 0 Å². The molecule has 140 valence electrons. The van der Waals surface area contributed by atoms with Gasteiger partial charge in [-0.2, -0.15) is 0 Å². The molecule has 2 aromatic rings. The second-order valence-corrected chi connectivity index (χ2v) is 8.09.